The van der Waals surface area contributed by atoms with Gasteiger partial charge in [-0.2, -0.15) is 0 Å². The Bertz CT molecular complexity index is 578. The largest absolute Gasteiger partial charge is 0.459 e. The Morgan fingerprint density at radius 1 is 1.28 bits per heavy atom. The number of nitrogens with one attached hydrogen (secondary N) is 1. The molecule has 1 aromatic heterocycles. The molecule has 2 saturated heterocycles. The fourth-order valence-electron chi connectivity index (χ4n) is 3.61. The van der Waals surface area contributed by atoms with Gasteiger partial charge in [-0.1, -0.05) is 6.92 Å². The van der Waals surface area contributed by atoms with Crippen molar-refractivity contribution in [2.24, 2.45) is 10.9 Å². The minimum Gasteiger partial charge on any atom is -0.459 e. The van der Waals surface area contributed by atoms with Crippen molar-refractivity contribution in [2.75, 3.05) is 59.4 Å². The van der Waals surface area contributed by atoms with Gasteiger partial charge in [0.1, 0.15) is 0 Å². The van der Waals surface area contributed by atoms with E-state index in [2.05, 4.69) is 27.0 Å². The van der Waals surface area contributed by atoms with Crippen LogP contribution in [-0.2, 0) is 0 Å². The Balaban J connectivity index is 1.45. The number of piperazine rings is 1. The summed E-state index contributed by atoms with van der Waals surface area (Å²) in [6, 6.07) is 3.47. The maximum absolute atomic E-state index is 12.3. The highest BCUT2D eigenvalue weighted by atomic mass is 16.3. The minimum atomic E-state index is -0.0294. The van der Waals surface area contributed by atoms with Gasteiger partial charge in [0.05, 0.1) is 6.26 Å². The van der Waals surface area contributed by atoms with E-state index in [1.165, 1.54) is 25.8 Å². The second-order valence-corrected chi connectivity index (χ2v) is 6.73. The molecule has 1 amide bonds. The van der Waals surface area contributed by atoms with Crippen LogP contribution in [0.25, 0.3) is 0 Å². The van der Waals surface area contributed by atoms with Gasteiger partial charge in [0.25, 0.3) is 5.91 Å². The molecule has 0 aromatic carbocycles. The highest BCUT2D eigenvalue weighted by Gasteiger charge is 2.26. The molecule has 3 heterocycles. The number of likely N-dealkylation sites (tertiary alicyclic amines) is 1. The fraction of sp³-hybridized carbons (Fsp3) is 0.667. The summed E-state index contributed by atoms with van der Waals surface area (Å²) >= 11 is 0. The van der Waals surface area contributed by atoms with Crippen molar-refractivity contribution in [3.63, 3.8) is 0 Å². The molecule has 2 aliphatic rings. The third kappa shape index (κ3) is 4.34. The molecule has 1 unspecified atom stereocenters. The van der Waals surface area contributed by atoms with Gasteiger partial charge in [-0.3, -0.25) is 9.79 Å². The van der Waals surface area contributed by atoms with Crippen LogP contribution in [0.15, 0.2) is 27.8 Å². The van der Waals surface area contributed by atoms with Crippen molar-refractivity contribution in [1.82, 2.24) is 20.0 Å². The number of rotatable bonds is 4. The Hall–Kier alpha value is -2.02. The highest BCUT2D eigenvalue weighted by Crippen LogP contribution is 2.15. The van der Waals surface area contributed by atoms with Crippen LogP contribution in [0.5, 0.6) is 0 Å². The molecule has 2 aliphatic heterocycles. The summed E-state index contributed by atoms with van der Waals surface area (Å²) in [5.74, 6) is 2.02. The molecule has 2 fully saturated rings. The first-order valence-corrected chi connectivity index (χ1v) is 9.22. The van der Waals surface area contributed by atoms with Crippen molar-refractivity contribution in [2.45, 2.75) is 13.3 Å². The van der Waals surface area contributed by atoms with Crippen molar-refractivity contribution < 1.29 is 9.21 Å². The quantitative estimate of drug-likeness (QED) is 0.649. The van der Waals surface area contributed by atoms with E-state index in [0.717, 1.165) is 32.1 Å². The standard InChI is InChI=1S/C18H29N5O2/c1-3-21-7-6-15(14-21)13-20-18(19-2)23-10-8-22(9-11-23)17(24)16-5-4-12-25-16/h4-5,12,15H,3,6-11,13-14H2,1-2H3,(H,19,20). The molecular weight excluding hydrogens is 318 g/mol. The molecule has 0 saturated carbocycles. The van der Waals surface area contributed by atoms with E-state index in [1.54, 1.807) is 12.1 Å². The molecule has 138 valence electrons. The Morgan fingerprint density at radius 3 is 2.64 bits per heavy atom. The van der Waals surface area contributed by atoms with Crippen molar-refractivity contribution in [1.29, 1.82) is 0 Å². The molecule has 3 rings (SSSR count). The lowest BCUT2D eigenvalue weighted by atomic mass is 10.1. The van der Waals surface area contributed by atoms with Gasteiger partial charge in [0.15, 0.2) is 11.7 Å². The Morgan fingerprint density at radius 2 is 2.04 bits per heavy atom. The van der Waals surface area contributed by atoms with E-state index in [-0.39, 0.29) is 5.91 Å². The van der Waals surface area contributed by atoms with Crippen molar-refractivity contribution >= 4 is 11.9 Å². The molecule has 1 aromatic rings. The van der Waals surface area contributed by atoms with Crippen molar-refractivity contribution in [3.05, 3.63) is 24.2 Å². The molecule has 1 N–H and O–H groups in total. The summed E-state index contributed by atoms with van der Waals surface area (Å²) in [6.07, 6.45) is 2.79. The zero-order chi connectivity index (χ0) is 17.6. The third-order valence-electron chi connectivity index (χ3n) is 5.18. The number of hydrogen-bond acceptors (Lipinski definition) is 4. The van der Waals surface area contributed by atoms with Gasteiger partial charge in [-0.15, -0.1) is 0 Å². The Labute approximate surface area is 149 Å². The lowest BCUT2D eigenvalue weighted by Gasteiger charge is -2.36. The first kappa shape index (κ1) is 17.8. The third-order valence-corrected chi connectivity index (χ3v) is 5.18. The van der Waals surface area contributed by atoms with E-state index in [9.17, 15) is 4.79 Å². The molecule has 0 radical (unpaired) electrons. The van der Waals surface area contributed by atoms with Crippen LogP contribution in [0, 0.1) is 5.92 Å². The molecule has 0 bridgehead atoms. The second-order valence-electron chi connectivity index (χ2n) is 6.73. The predicted molar refractivity (Wildman–Crippen MR) is 97.8 cm³/mol. The number of hydrogen-bond donors (Lipinski definition) is 1. The first-order valence-electron chi connectivity index (χ1n) is 9.22. The first-order chi connectivity index (χ1) is 12.2. The number of guanidine groups is 1. The van der Waals surface area contributed by atoms with Crippen molar-refractivity contribution in [3.8, 4) is 0 Å². The summed E-state index contributed by atoms with van der Waals surface area (Å²) in [4.78, 5) is 23.3. The van der Waals surface area contributed by atoms with E-state index >= 15 is 0 Å². The summed E-state index contributed by atoms with van der Waals surface area (Å²) in [5.41, 5.74) is 0. The van der Waals surface area contributed by atoms with Crippen LogP contribution in [0.4, 0.5) is 0 Å². The van der Waals surface area contributed by atoms with Gasteiger partial charge in [-0.05, 0) is 37.6 Å². The maximum atomic E-state index is 12.3. The predicted octanol–water partition coefficient (Wildman–Crippen LogP) is 0.955. The van der Waals surface area contributed by atoms with Crippen LogP contribution in [0.2, 0.25) is 0 Å². The van der Waals surface area contributed by atoms with Crippen LogP contribution in [0.1, 0.15) is 23.9 Å². The summed E-state index contributed by atoms with van der Waals surface area (Å²) in [6.45, 7) is 9.65. The number of amides is 1. The zero-order valence-corrected chi connectivity index (χ0v) is 15.3. The van der Waals surface area contributed by atoms with Gasteiger partial charge in [0.2, 0.25) is 0 Å². The molecule has 0 aliphatic carbocycles. The van der Waals surface area contributed by atoms with E-state index in [0.29, 0.717) is 24.8 Å². The van der Waals surface area contributed by atoms with E-state index in [1.807, 2.05) is 11.9 Å². The van der Waals surface area contributed by atoms with E-state index < -0.39 is 0 Å². The van der Waals surface area contributed by atoms with E-state index in [4.69, 9.17) is 4.42 Å². The molecule has 0 spiro atoms. The SMILES string of the molecule is CCN1CCC(CNC(=NC)N2CCN(C(=O)c3ccco3)CC2)C1. The average Bonchev–Trinajstić information content (AvgIpc) is 3.34. The van der Waals surface area contributed by atoms with Crippen LogP contribution in [0.3, 0.4) is 0 Å². The number of furan rings is 1. The lowest BCUT2D eigenvalue weighted by molar-refractivity contribution is 0.0657. The minimum absolute atomic E-state index is 0.0294. The molecule has 7 nitrogen and oxygen atoms in total. The number of aliphatic imine (C=N–C) groups is 1. The molecular formula is C18H29N5O2. The van der Waals surface area contributed by atoms with Crippen LogP contribution >= 0.6 is 0 Å². The van der Waals surface area contributed by atoms with Gasteiger partial charge < -0.3 is 24.4 Å². The van der Waals surface area contributed by atoms with Gasteiger partial charge >= 0.3 is 0 Å². The fourth-order valence-corrected chi connectivity index (χ4v) is 3.61. The summed E-state index contributed by atoms with van der Waals surface area (Å²) in [7, 11) is 1.83. The summed E-state index contributed by atoms with van der Waals surface area (Å²) < 4.78 is 5.21. The van der Waals surface area contributed by atoms with Crippen LogP contribution in [-0.4, -0.2) is 86.0 Å². The zero-order valence-electron chi connectivity index (χ0n) is 15.3. The number of carbonyl (C=O) groups is 1. The average molecular weight is 347 g/mol. The second kappa shape index (κ2) is 8.38. The van der Waals surface area contributed by atoms with Gasteiger partial charge in [-0.25, -0.2) is 0 Å². The Kier molecular flexibility index (Phi) is 5.96. The number of carbonyl (C=O) groups excluding carboxylic acids is 1. The summed E-state index contributed by atoms with van der Waals surface area (Å²) in [5, 5.41) is 3.52. The lowest BCUT2D eigenvalue weighted by Crippen LogP contribution is -2.54. The number of nitrogens with zero attached hydrogens (tertiary/aromatic N) is 4. The topological polar surface area (TPSA) is 64.3 Å². The molecule has 7 heteroatoms. The smallest absolute Gasteiger partial charge is 0.289 e. The van der Waals surface area contributed by atoms with Gasteiger partial charge in [0, 0.05) is 46.3 Å². The maximum Gasteiger partial charge on any atom is 0.289 e. The van der Waals surface area contributed by atoms with Crippen LogP contribution < -0.4 is 5.32 Å². The monoisotopic (exact) mass is 347 g/mol. The highest BCUT2D eigenvalue weighted by molar-refractivity contribution is 5.91. The molecule has 25 heavy (non-hydrogen) atoms. The molecule has 1 atom stereocenters. The normalized spacial score (nSPS) is 22.5.